The Kier molecular flexibility index (Phi) is 2.99. The third kappa shape index (κ3) is 2.10. The Bertz CT molecular complexity index is 425. The first-order valence-corrected chi connectivity index (χ1v) is 5.33. The molecule has 1 aromatic carbocycles. The van der Waals surface area contributed by atoms with Gasteiger partial charge in [0, 0.05) is 12.3 Å². The summed E-state index contributed by atoms with van der Waals surface area (Å²) in [5.74, 6) is -0.200. The molecule has 1 aromatic rings. The topological polar surface area (TPSA) is 41.5 Å². The van der Waals surface area contributed by atoms with Gasteiger partial charge in [-0.3, -0.25) is 4.79 Å². The van der Waals surface area contributed by atoms with Crippen molar-refractivity contribution in [1.29, 1.82) is 0 Å². The van der Waals surface area contributed by atoms with Crippen LogP contribution in [-0.2, 0) is 4.79 Å². The molecule has 0 saturated heterocycles. The van der Waals surface area contributed by atoms with Gasteiger partial charge in [-0.15, -0.1) is 0 Å². The maximum atomic E-state index is 12.8. The Morgan fingerprint density at radius 3 is 2.75 bits per heavy atom. The highest BCUT2D eigenvalue weighted by Crippen LogP contribution is 2.19. The van der Waals surface area contributed by atoms with Crippen molar-refractivity contribution in [3.63, 3.8) is 0 Å². The number of nitrogens with zero attached hydrogens (tertiary/aromatic N) is 1. The average Bonchev–Trinajstić information content (AvgIpc) is 2.30. The second-order valence-corrected chi connectivity index (χ2v) is 3.85. The lowest BCUT2D eigenvalue weighted by molar-refractivity contribution is -0.122. The zero-order valence-corrected chi connectivity index (χ0v) is 9.03. The van der Waals surface area contributed by atoms with Gasteiger partial charge in [-0.25, -0.2) is 9.82 Å². The molecule has 0 radical (unpaired) electrons. The third-order valence-electron chi connectivity index (χ3n) is 2.75. The van der Waals surface area contributed by atoms with Crippen molar-refractivity contribution in [3.05, 3.63) is 35.6 Å². The number of hydrogen-bond acceptors (Lipinski definition) is 2. The van der Waals surface area contributed by atoms with Crippen molar-refractivity contribution >= 4 is 11.6 Å². The SMILES string of the molecule is CCC1CC(=O)NN=C1c1ccc(F)cc1. The smallest absolute Gasteiger partial charge is 0.240 e. The van der Waals surface area contributed by atoms with Gasteiger partial charge in [0.2, 0.25) is 5.91 Å². The Morgan fingerprint density at radius 2 is 2.12 bits per heavy atom. The summed E-state index contributed by atoms with van der Waals surface area (Å²) in [5.41, 5.74) is 4.17. The van der Waals surface area contributed by atoms with E-state index in [4.69, 9.17) is 0 Å². The molecule has 1 heterocycles. The average molecular weight is 220 g/mol. The summed E-state index contributed by atoms with van der Waals surface area (Å²) in [6, 6.07) is 6.19. The van der Waals surface area contributed by atoms with Crippen LogP contribution in [0.25, 0.3) is 0 Å². The van der Waals surface area contributed by atoms with Crippen molar-refractivity contribution in [2.45, 2.75) is 19.8 Å². The summed E-state index contributed by atoms with van der Waals surface area (Å²) < 4.78 is 12.8. The fraction of sp³-hybridized carbons (Fsp3) is 0.333. The van der Waals surface area contributed by atoms with E-state index >= 15 is 0 Å². The Hall–Kier alpha value is -1.71. The van der Waals surface area contributed by atoms with Gasteiger partial charge in [-0.2, -0.15) is 5.10 Å². The molecule has 0 aromatic heterocycles. The predicted molar refractivity (Wildman–Crippen MR) is 59.5 cm³/mol. The van der Waals surface area contributed by atoms with Gasteiger partial charge in [0.05, 0.1) is 5.71 Å². The van der Waals surface area contributed by atoms with Gasteiger partial charge in [0.15, 0.2) is 0 Å². The zero-order valence-electron chi connectivity index (χ0n) is 9.03. The van der Waals surface area contributed by atoms with E-state index in [-0.39, 0.29) is 17.6 Å². The molecule has 0 spiro atoms. The van der Waals surface area contributed by atoms with Crippen LogP contribution in [0.1, 0.15) is 25.3 Å². The van der Waals surface area contributed by atoms with Crippen LogP contribution in [0.15, 0.2) is 29.4 Å². The molecule has 0 bridgehead atoms. The highest BCUT2D eigenvalue weighted by atomic mass is 19.1. The lowest BCUT2D eigenvalue weighted by atomic mass is 9.90. The van der Waals surface area contributed by atoms with E-state index in [1.165, 1.54) is 12.1 Å². The number of hydrogen-bond donors (Lipinski definition) is 1. The Labute approximate surface area is 93.4 Å². The highest BCUT2D eigenvalue weighted by Gasteiger charge is 2.23. The van der Waals surface area contributed by atoms with E-state index in [1.54, 1.807) is 12.1 Å². The number of carbonyl (C=O) groups excluding carboxylic acids is 1. The van der Waals surface area contributed by atoms with Crippen molar-refractivity contribution in [1.82, 2.24) is 5.43 Å². The Balaban J connectivity index is 2.31. The van der Waals surface area contributed by atoms with E-state index in [2.05, 4.69) is 10.5 Å². The first-order chi connectivity index (χ1) is 7.70. The van der Waals surface area contributed by atoms with Gasteiger partial charge < -0.3 is 0 Å². The van der Waals surface area contributed by atoms with Gasteiger partial charge in [-0.05, 0) is 24.1 Å². The van der Waals surface area contributed by atoms with Crippen LogP contribution < -0.4 is 5.43 Å². The first-order valence-electron chi connectivity index (χ1n) is 5.33. The second-order valence-electron chi connectivity index (χ2n) is 3.85. The summed E-state index contributed by atoms with van der Waals surface area (Å²) in [7, 11) is 0. The number of benzene rings is 1. The molecule has 1 atom stereocenters. The molecular formula is C12H13FN2O. The molecule has 1 aliphatic rings. The number of nitrogens with one attached hydrogen (secondary N) is 1. The molecule has 1 aliphatic heterocycles. The molecule has 16 heavy (non-hydrogen) atoms. The van der Waals surface area contributed by atoms with E-state index in [0.29, 0.717) is 6.42 Å². The second kappa shape index (κ2) is 4.43. The van der Waals surface area contributed by atoms with Gasteiger partial charge >= 0.3 is 0 Å². The quantitative estimate of drug-likeness (QED) is 0.814. The number of amides is 1. The molecule has 0 saturated carbocycles. The van der Waals surface area contributed by atoms with Crippen LogP contribution in [0.2, 0.25) is 0 Å². The molecule has 4 heteroatoms. The summed E-state index contributed by atoms with van der Waals surface area (Å²) >= 11 is 0. The van der Waals surface area contributed by atoms with Crippen LogP contribution in [-0.4, -0.2) is 11.6 Å². The minimum atomic E-state index is -0.266. The van der Waals surface area contributed by atoms with E-state index < -0.39 is 0 Å². The molecule has 0 fully saturated rings. The minimum Gasteiger partial charge on any atom is -0.273 e. The number of halogens is 1. The number of carbonyl (C=O) groups is 1. The van der Waals surface area contributed by atoms with E-state index in [1.807, 2.05) is 6.92 Å². The van der Waals surface area contributed by atoms with Gasteiger partial charge in [0.1, 0.15) is 5.82 Å². The summed E-state index contributed by atoms with van der Waals surface area (Å²) in [6.45, 7) is 2.02. The molecule has 2 rings (SSSR count). The van der Waals surface area contributed by atoms with Crippen molar-refractivity contribution < 1.29 is 9.18 Å². The lowest BCUT2D eigenvalue weighted by Crippen LogP contribution is -2.33. The molecule has 3 nitrogen and oxygen atoms in total. The van der Waals surface area contributed by atoms with Crippen molar-refractivity contribution in [2.24, 2.45) is 11.0 Å². The molecule has 1 amide bonds. The molecule has 0 aliphatic carbocycles. The molecular weight excluding hydrogens is 207 g/mol. The maximum absolute atomic E-state index is 12.8. The van der Waals surface area contributed by atoms with Crippen LogP contribution in [0.5, 0.6) is 0 Å². The number of hydrazone groups is 1. The fourth-order valence-electron chi connectivity index (χ4n) is 1.84. The largest absolute Gasteiger partial charge is 0.273 e. The van der Waals surface area contributed by atoms with Gasteiger partial charge in [0.25, 0.3) is 0 Å². The normalized spacial score (nSPS) is 20.2. The standard InChI is InChI=1S/C12H13FN2O/c1-2-8-7-11(16)14-15-12(8)9-3-5-10(13)6-4-9/h3-6,8H,2,7H2,1H3,(H,14,16). The maximum Gasteiger partial charge on any atom is 0.240 e. The van der Waals surface area contributed by atoms with Gasteiger partial charge in [-0.1, -0.05) is 19.1 Å². The highest BCUT2D eigenvalue weighted by molar-refractivity contribution is 6.05. The predicted octanol–water partition coefficient (Wildman–Crippen LogP) is 2.08. The summed E-state index contributed by atoms with van der Waals surface area (Å²) in [4.78, 5) is 11.2. The lowest BCUT2D eigenvalue weighted by Gasteiger charge is -2.21. The molecule has 84 valence electrons. The first kappa shape index (κ1) is 10.8. The van der Waals surface area contributed by atoms with Crippen LogP contribution in [0.3, 0.4) is 0 Å². The minimum absolute atomic E-state index is 0.0577. The molecule has 1 unspecified atom stereocenters. The van der Waals surface area contributed by atoms with E-state index in [9.17, 15) is 9.18 Å². The van der Waals surface area contributed by atoms with Crippen molar-refractivity contribution in [3.8, 4) is 0 Å². The van der Waals surface area contributed by atoms with Crippen LogP contribution in [0, 0.1) is 11.7 Å². The van der Waals surface area contributed by atoms with E-state index in [0.717, 1.165) is 17.7 Å². The summed E-state index contributed by atoms with van der Waals surface area (Å²) in [6.07, 6.45) is 1.30. The summed E-state index contributed by atoms with van der Waals surface area (Å²) in [5, 5.41) is 4.06. The van der Waals surface area contributed by atoms with Crippen LogP contribution in [0.4, 0.5) is 4.39 Å². The van der Waals surface area contributed by atoms with Crippen molar-refractivity contribution in [2.75, 3.05) is 0 Å². The fourth-order valence-corrected chi connectivity index (χ4v) is 1.84. The van der Waals surface area contributed by atoms with Crippen LogP contribution >= 0.6 is 0 Å². The Morgan fingerprint density at radius 1 is 1.44 bits per heavy atom. The monoisotopic (exact) mass is 220 g/mol. The zero-order chi connectivity index (χ0) is 11.5. The number of rotatable bonds is 2. The third-order valence-corrected chi connectivity index (χ3v) is 2.75. The molecule has 1 N–H and O–H groups in total.